The van der Waals surface area contributed by atoms with Crippen LogP contribution in [0.4, 0.5) is 0 Å². The Kier molecular flexibility index (Phi) is 38.4. The van der Waals surface area contributed by atoms with Gasteiger partial charge in [-0.05, 0) is 39.0 Å². The molecule has 0 radical (unpaired) electrons. The van der Waals surface area contributed by atoms with Gasteiger partial charge in [-0.3, -0.25) is 14.4 Å². The van der Waals surface area contributed by atoms with Crippen molar-refractivity contribution < 1.29 is 76.3 Å². The van der Waals surface area contributed by atoms with Gasteiger partial charge in [0, 0.05) is 0 Å². The molecule has 0 bridgehead atoms. The first kappa shape index (κ1) is 38.4. The maximum absolute atomic E-state index is 9.98. The number of carbonyl (C=O) groups excluding carboxylic acids is 3. The molecule has 136 valence electrons. The molecular weight excluding hydrogens is 447 g/mol. The molecule has 9 heteroatoms. The van der Waals surface area contributed by atoms with E-state index in [1.54, 1.807) is 0 Å². The number of allylic oxidation sites excluding steroid dienone is 6. The van der Waals surface area contributed by atoms with Crippen LogP contribution in [0, 0.1) is 35.6 Å². The van der Waals surface area contributed by atoms with Crippen molar-refractivity contribution in [3.63, 3.8) is 0 Å². The zero-order valence-corrected chi connectivity index (χ0v) is 18.5. The summed E-state index contributed by atoms with van der Waals surface area (Å²) in [4.78, 5) is 29.9. The smallest absolute Gasteiger partial charge is 0.876 e. The summed E-state index contributed by atoms with van der Waals surface area (Å²) in [5, 5.41) is 29.9. The van der Waals surface area contributed by atoms with Crippen LogP contribution in [-0.2, 0) is 25.3 Å². The Hall–Kier alpha value is -1.26. The summed E-state index contributed by atoms with van der Waals surface area (Å²) in [5.74, 6) is -1.12. The van der Waals surface area contributed by atoms with Gasteiger partial charge in [0.1, 0.15) is 0 Å². The van der Waals surface area contributed by atoms with Crippen molar-refractivity contribution in [3.8, 4) is 0 Å². The molecule has 0 amide bonds. The normalized spacial score (nSPS) is 10.0. The molecule has 0 aromatic rings. The predicted octanol–water partition coefficient (Wildman–Crippen LogP) is -2.33. The van der Waals surface area contributed by atoms with Gasteiger partial charge in [-0.2, -0.15) is 0 Å². The third kappa shape index (κ3) is 70.1. The van der Waals surface area contributed by atoms with Crippen LogP contribution in [-0.4, -0.2) is 17.3 Å². The molecule has 0 aliphatic heterocycles. The molecule has 0 aliphatic rings. The van der Waals surface area contributed by atoms with E-state index >= 15 is 0 Å². The average molecular weight is 474 g/mol. The zero-order valence-electron chi connectivity index (χ0n) is 14.9. The van der Waals surface area contributed by atoms with Crippen molar-refractivity contribution in [2.45, 2.75) is 41.5 Å². The van der Waals surface area contributed by atoms with Crippen LogP contribution in [0.5, 0.6) is 0 Å². The SMILES string of the molecule is CC(=O)/C=C(/C)[O-].CC(=O)/C=C(/C)[O-].CC(=O)/C=C(/C)[O-].[La+3].[OH3+].[OH3+]. The van der Waals surface area contributed by atoms with Crippen molar-refractivity contribution in [1.82, 2.24) is 0 Å². The van der Waals surface area contributed by atoms with Crippen LogP contribution in [0.15, 0.2) is 35.5 Å². The van der Waals surface area contributed by atoms with E-state index in [-0.39, 0.29) is 81.2 Å². The zero-order chi connectivity index (χ0) is 17.6. The number of carbonyl (C=O) groups is 3. The van der Waals surface area contributed by atoms with Crippen molar-refractivity contribution in [3.05, 3.63) is 35.5 Å². The molecule has 0 rings (SSSR count). The molecule has 0 fully saturated rings. The summed E-state index contributed by atoms with van der Waals surface area (Å²) in [6.45, 7) is 8.09. The van der Waals surface area contributed by atoms with E-state index in [9.17, 15) is 29.7 Å². The topological polar surface area (TPSA) is 186 Å². The molecule has 0 saturated carbocycles. The van der Waals surface area contributed by atoms with Crippen LogP contribution in [0.2, 0.25) is 0 Å². The van der Waals surface area contributed by atoms with Gasteiger partial charge >= 0.3 is 35.6 Å². The second-order valence-corrected chi connectivity index (χ2v) is 4.10. The Labute approximate surface area is 170 Å². The van der Waals surface area contributed by atoms with Crippen molar-refractivity contribution in [2.24, 2.45) is 0 Å². The van der Waals surface area contributed by atoms with Crippen LogP contribution in [0.3, 0.4) is 0 Å². The van der Waals surface area contributed by atoms with Crippen LogP contribution >= 0.6 is 0 Å². The maximum Gasteiger partial charge on any atom is 3.00 e. The van der Waals surface area contributed by atoms with Gasteiger partial charge in [-0.1, -0.05) is 20.8 Å². The minimum Gasteiger partial charge on any atom is -0.876 e. The van der Waals surface area contributed by atoms with E-state index < -0.39 is 0 Å². The van der Waals surface area contributed by atoms with E-state index in [4.69, 9.17) is 0 Å². The third-order valence-electron chi connectivity index (χ3n) is 1.22. The quantitative estimate of drug-likeness (QED) is 0.251. The van der Waals surface area contributed by atoms with Crippen LogP contribution in [0.1, 0.15) is 41.5 Å². The van der Waals surface area contributed by atoms with E-state index in [0.717, 1.165) is 18.2 Å². The van der Waals surface area contributed by atoms with Gasteiger partial charge in [0.15, 0.2) is 17.3 Å². The number of ketones is 3. The Bertz CT molecular complexity index is 372. The molecule has 0 atom stereocenters. The Morgan fingerprint density at radius 3 is 0.667 bits per heavy atom. The Morgan fingerprint density at radius 1 is 0.542 bits per heavy atom. The first-order valence-corrected chi connectivity index (χ1v) is 5.96. The van der Waals surface area contributed by atoms with Gasteiger partial charge in [-0.25, -0.2) is 0 Å². The molecular formula is C15H27LaO8+2. The monoisotopic (exact) mass is 474 g/mol. The van der Waals surface area contributed by atoms with Crippen LogP contribution in [0.25, 0.3) is 0 Å². The van der Waals surface area contributed by atoms with Crippen molar-refractivity contribution >= 4 is 17.3 Å². The molecule has 0 spiro atoms. The summed E-state index contributed by atoms with van der Waals surface area (Å²) in [6, 6.07) is 0. The van der Waals surface area contributed by atoms with Crippen molar-refractivity contribution in [2.75, 3.05) is 0 Å². The maximum atomic E-state index is 9.98. The molecule has 6 N–H and O–H groups in total. The Morgan fingerprint density at radius 2 is 0.667 bits per heavy atom. The van der Waals surface area contributed by atoms with Gasteiger partial charge in [-0.15, -0.1) is 17.3 Å². The summed E-state index contributed by atoms with van der Waals surface area (Å²) in [6.07, 6.45) is 3.17. The van der Waals surface area contributed by atoms with E-state index in [2.05, 4.69) is 0 Å². The fourth-order valence-corrected chi connectivity index (χ4v) is 0.859. The summed E-state index contributed by atoms with van der Waals surface area (Å²) in [7, 11) is 0. The molecule has 0 aromatic heterocycles. The molecule has 24 heavy (non-hydrogen) atoms. The molecule has 0 saturated heterocycles. The summed E-state index contributed by atoms with van der Waals surface area (Å²) >= 11 is 0. The summed E-state index contributed by atoms with van der Waals surface area (Å²) < 4.78 is 0. The fourth-order valence-electron chi connectivity index (χ4n) is 0.859. The van der Waals surface area contributed by atoms with Gasteiger partial charge in [0.2, 0.25) is 0 Å². The first-order chi connectivity index (χ1) is 9.38. The van der Waals surface area contributed by atoms with Gasteiger partial charge in [0.25, 0.3) is 0 Å². The molecule has 0 aromatic carbocycles. The molecule has 8 nitrogen and oxygen atoms in total. The molecule has 0 heterocycles. The molecule has 0 unspecified atom stereocenters. The molecule has 0 aliphatic carbocycles. The van der Waals surface area contributed by atoms with E-state index in [0.29, 0.717) is 0 Å². The van der Waals surface area contributed by atoms with Crippen molar-refractivity contribution in [1.29, 1.82) is 0 Å². The Balaban J connectivity index is -0.0000000476. The number of hydrogen-bond acceptors (Lipinski definition) is 6. The minimum absolute atomic E-state index is 0. The minimum atomic E-state index is -0.187. The first-order valence-electron chi connectivity index (χ1n) is 5.96. The number of rotatable bonds is 3. The second-order valence-electron chi connectivity index (χ2n) is 4.10. The van der Waals surface area contributed by atoms with Gasteiger partial charge in [0.05, 0.1) is 0 Å². The fraction of sp³-hybridized carbons (Fsp3) is 0.400. The standard InChI is InChI=1S/3C5H8O2.La.2H2O/c3*1-4(6)3-5(2)7;;;/h3*3,6H,1-2H3;;2*1H2/q;;;+3;;/p-1/b3*4-3-;;;. The van der Waals surface area contributed by atoms with E-state index in [1.807, 2.05) is 0 Å². The second kappa shape index (κ2) is 24.0. The predicted molar refractivity (Wildman–Crippen MR) is 83.1 cm³/mol. The van der Waals surface area contributed by atoms with E-state index in [1.165, 1.54) is 41.5 Å². The van der Waals surface area contributed by atoms with Gasteiger partial charge < -0.3 is 26.3 Å². The summed E-state index contributed by atoms with van der Waals surface area (Å²) in [5.41, 5.74) is 0. The number of hydrogen-bond donors (Lipinski definition) is 0. The van der Waals surface area contributed by atoms with Crippen LogP contribution < -0.4 is 15.3 Å². The average Bonchev–Trinajstić information content (AvgIpc) is 2.10. The largest absolute Gasteiger partial charge is 3.00 e. The third-order valence-corrected chi connectivity index (χ3v) is 1.22.